The predicted octanol–water partition coefficient (Wildman–Crippen LogP) is 8.27. The fourth-order valence-corrected chi connectivity index (χ4v) is 6.04. The van der Waals surface area contributed by atoms with Crippen molar-refractivity contribution < 1.29 is 4.42 Å². The quantitative estimate of drug-likeness (QED) is 0.246. The van der Waals surface area contributed by atoms with Crippen molar-refractivity contribution in [2.45, 2.75) is 0 Å². The largest absolute Gasteiger partial charge is 0.437 e. The van der Waals surface area contributed by atoms with Crippen molar-refractivity contribution >= 4 is 60.8 Å². The molecule has 0 aliphatic heterocycles. The third-order valence-electron chi connectivity index (χ3n) is 7.66. The highest BCUT2D eigenvalue weighted by molar-refractivity contribution is 6.10. The molecule has 9 aromatic rings. The first kappa shape index (κ1) is 19.8. The highest BCUT2D eigenvalue weighted by atomic mass is 16.3. The summed E-state index contributed by atoms with van der Waals surface area (Å²) in [6.07, 6.45) is 0. The van der Waals surface area contributed by atoms with Crippen LogP contribution >= 0.6 is 0 Å². The van der Waals surface area contributed by atoms with E-state index in [0.717, 1.165) is 55.9 Å². The molecule has 5 aromatic carbocycles. The second kappa shape index (κ2) is 7.14. The fraction of sp³-hybridized carbons (Fsp3) is 0. The van der Waals surface area contributed by atoms with Crippen LogP contribution in [0.3, 0.4) is 0 Å². The molecule has 0 unspecified atom stereocenters. The van der Waals surface area contributed by atoms with Gasteiger partial charge in [0.15, 0.2) is 0 Å². The molecule has 4 aromatic heterocycles. The lowest BCUT2D eigenvalue weighted by molar-refractivity contribution is 0.651. The zero-order valence-corrected chi connectivity index (χ0v) is 20.2. The Labute approximate surface area is 216 Å². The van der Waals surface area contributed by atoms with E-state index in [1.165, 1.54) is 16.3 Å². The van der Waals surface area contributed by atoms with Gasteiger partial charge >= 0.3 is 0 Å². The van der Waals surface area contributed by atoms with Crippen molar-refractivity contribution in [2.24, 2.45) is 0 Å². The summed E-state index contributed by atoms with van der Waals surface area (Å²) in [5.41, 5.74) is 9.20. The van der Waals surface area contributed by atoms with Crippen LogP contribution in [0.2, 0.25) is 0 Å². The number of furan rings is 1. The minimum atomic E-state index is 0.774. The van der Waals surface area contributed by atoms with Crippen LogP contribution in [-0.4, -0.2) is 18.5 Å². The Morgan fingerprint density at radius 2 is 1.18 bits per heavy atom. The first-order valence-electron chi connectivity index (χ1n) is 12.7. The van der Waals surface area contributed by atoms with Crippen molar-refractivity contribution in [1.82, 2.24) is 18.5 Å². The number of rotatable bonds is 2. The van der Waals surface area contributed by atoms with Gasteiger partial charge < -0.3 is 8.98 Å². The summed E-state index contributed by atoms with van der Waals surface area (Å²) in [5, 5.41) is 3.50. The van der Waals surface area contributed by atoms with Gasteiger partial charge in [-0.05, 0) is 54.6 Å². The lowest BCUT2D eigenvalue weighted by atomic mass is 10.1. The molecule has 4 heterocycles. The molecule has 0 bridgehead atoms. The molecule has 0 saturated carbocycles. The standard InChI is InChI=1S/C33H20N4O/c1-2-10-21(11-3-1)35-26-14-6-4-12-23(26)24-19-18-22(20-29(24)35)36-27-15-7-8-16-28(27)37-32-31(34-33(36)37)25-13-5-9-17-30(25)38-32/h1-20H. The van der Waals surface area contributed by atoms with E-state index < -0.39 is 0 Å². The van der Waals surface area contributed by atoms with Crippen LogP contribution in [-0.2, 0) is 0 Å². The molecule has 0 radical (unpaired) electrons. The lowest BCUT2D eigenvalue weighted by Gasteiger charge is -2.10. The van der Waals surface area contributed by atoms with E-state index in [-0.39, 0.29) is 0 Å². The van der Waals surface area contributed by atoms with Crippen molar-refractivity contribution in [3.05, 3.63) is 121 Å². The fourth-order valence-electron chi connectivity index (χ4n) is 6.04. The van der Waals surface area contributed by atoms with Gasteiger partial charge in [-0.25, -0.2) is 9.38 Å². The van der Waals surface area contributed by atoms with Crippen LogP contribution in [0.25, 0.3) is 72.2 Å². The van der Waals surface area contributed by atoms with Gasteiger partial charge in [0.25, 0.3) is 0 Å². The molecule has 0 spiro atoms. The molecule has 0 saturated heterocycles. The maximum absolute atomic E-state index is 6.33. The highest BCUT2D eigenvalue weighted by Gasteiger charge is 2.22. The first-order chi connectivity index (χ1) is 18.9. The smallest absolute Gasteiger partial charge is 0.234 e. The number of para-hydroxylation sites is 5. The molecule has 38 heavy (non-hydrogen) atoms. The van der Waals surface area contributed by atoms with Crippen LogP contribution in [0.4, 0.5) is 0 Å². The van der Waals surface area contributed by atoms with E-state index in [1.807, 2.05) is 18.2 Å². The summed E-state index contributed by atoms with van der Waals surface area (Å²) < 4.78 is 13.1. The zero-order chi connectivity index (χ0) is 24.8. The summed E-state index contributed by atoms with van der Waals surface area (Å²) in [7, 11) is 0. The Morgan fingerprint density at radius 3 is 2.05 bits per heavy atom. The first-order valence-corrected chi connectivity index (χ1v) is 12.7. The van der Waals surface area contributed by atoms with Crippen LogP contribution < -0.4 is 0 Å². The van der Waals surface area contributed by atoms with E-state index in [4.69, 9.17) is 9.40 Å². The van der Waals surface area contributed by atoms with E-state index in [1.54, 1.807) is 0 Å². The van der Waals surface area contributed by atoms with Crippen LogP contribution in [0, 0.1) is 0 Å². The molecule has 0 N–H and O–H groups in total. The van der Waals surface area contributed by atoms with Crippen molar-refractivity contribution in [3.63, 3.8) is 0 Å². The Morgan fingerprint density at radius 1 is 0.500 bits per heavy atom. The maximum atomic E-state index is 6.33. The SMILES string of the molecule is c1ccc(-n2c3ccccc3c3ccc(-n4c5ccccc5n5c6oc7ccccc7c6nc45)cc32)cc1. The predicted molar refractivity (Wildman–Crippen MR) is 154 cm³/mol. The van der Waals surface area contributed by atoms with Crippen molar-refractivity contribution in [1.29, 1.82) is 0 Å². The number of aromatic nitrogens is 4. The summed E-state index contributed by atoms with van der Waals surface area (Å²) in [4.78, 5) is 5.15. The third-order valence-corrected chi connectivity index (χ3v) is 7.66. The molecule has 9 rings (SSSR count). The maximum Gasteiger partial charge on any atom is 0.234 e. The zero-order valence-electron chi connectivity index (χ0n) is 20.2. The Bertz CT molecular complexity index is 2350. The number of nitrogens with zero attached hydrogens (tertiary/aromatic N) is 4. The van der Waals surface area contributed by atoms with Crippen LogP contribution in [0.15, 0.2) is 126 Å². The van der Waals surface area contributed by atoms with Gasteiger partial charge in [-0.1, -0.05) is 66.7 Å². The number of hydrogen-bond acceptors (Lipinski definition) is 2. The second-order valence-electron chi connectivity index (χ2n) is 9.71. The summed E-state index contributed by atoms with van der Waals surface area (Å²) in [6.45, 7) is 0. The van der Waals surface area contributed by atoms with Gasteiger partial charge in [0, 0.05) is 21.8 Å². The highest BCUT2D eigenvalue weighted by Crippen LogP contribution is 2.37. The molecule has 178 valence electrons. The van der Waals surface area contributed by atoms with Crippen molar-refractivity contribution in [3.8, 4) is 11.4 Å². The minimum Gasteiger partial charge on any atom is -0.437 e. The van der Waals surface area contributed by atoms with Gasteiger partial charge in [0.2, 0.25) is 11.5 Å². The Kier molecular flexibility index (Phi) is 3.73. The number of benzene rings is 5. The average Bonchev–Trinajstić information content (AvgIpc) is 3.69. The molecular formula is C33H20N4O. The molecule has 0 aliphatic rings. The summed E-state index contributed by atoms with van der Waals surface area (Å²) >= 11 is 0. The monoisotopic (exact) mass is 488 g/mol. The molecular weight excluding hydrogens is 468 g/mol. The molecule has 0 amide bonds. The molecule has 0 aliphatic carbocycles. The van der Waals surface area contributed by atoms with E-state index in [2.05, 4.69) is 117 Å². The summed E-state index contributed by atoms with van der Waals surface area (Å²) in [5.74, 6) is 0.840. The molecule has 5 heteroatoms. The van der Waals surface area contributed by atoms with Gasteiger partial charge in [-0.2, -0.15) is 0 Å². The van der Waals surface area contributed by atoms with E-state index in [0.29, 0.717) is 0 Å². The van der Waals surface area contributed by atoms with E-state index >= 15 is 0 Å². The van der Waals surface area contributed by atoms with E-state index in [9.17, 15) is 0 Å². The summed E-state index contributed by atoms with van der Waals surface area (Å²) in [6, 6.07) is 42.4. The van der Waals surface area contributed by atoms with Gasteiger partial charge in [0.05, 0.1) is 27.8 Å². The molecule has 5 nitrogen and oxygen atoms in total. The minimum absolute atomic E-state index is 0.774. The second-order valence-corrected chi connectivity index (χ2v) is 9.71. The lowest BCUT2D eigenvalue weighted by Crippen LogP contribution is -1.97. The van der Waals surface area contributed by atoms with Crippen LogP contribution in [0.5, 0.6) is 0 Å². The average molecular weight is 489 g/mol. The third kappa shape index (κ3) is 2.47. The van der Waals surface area contributed by atoms with Gasteiger partial charge in [0.1, 0.15) is 11.1 Å². The number of imidazole rings is 2. The van der Waals surface area contributed by atoms with Crippen LogP contribution in [0.1, 0.15) is 0 Å². The molecule has 0 atom stereocenters. The number of fused-ring (bicyclic) bond motifs is 10. The Hall–Kier alpha value is -5.29. The van der Waals surface area contributed by atoms with Gasteiger partial charge in [-0.15, -0.1) is 0 Å². The number of hydrogen-bond donors (Lipinski definition) is 0. The Balaban J connectivity index is 1.42. The van der Waals surface area contributed by atoms with Crippen molar-refractivity contribution in [2.75, 3.05) is 0 Å². The normalized spacial score (nSPS) is 12.2. The molecule has 0 fully saturated rings. The van der Waals surface area contributed by atoms with Gasteiger partial charge in [-0.3, -0.25) is 4.57 Å². The topological polar surface area (TPSA) is 40.3 Å².